The maximum Gasteiger partial charge on any atom is 0.161 e. The highest BCUT2D eigenvalue weighted by Crippen LogP contribution is 2.30. The molecule has 0 saturated carbocycles. The van der Waals surface area contributed by atoms with Crippen molar-refractivity contribution in [2.75, 3.05) is 27.4 Å². The molecule has 1 aromatic rings. The van der Waals surface area contributed by atoms with Gasteiger partial charge in [0.25, 0.3) is 0 Å². The molecule has 0 aliphatic carbocycles. The fraction of sp³-hybridized carbons (Fsp3) is 0.571. The molecule has 2 atom stereocenters. The zero-order valence-corrected chi connectivity index (χ0v) is 11.7. The second kappa shape index (κ2) is 7.99. The van der Waals surface area contributed by atoms with Crippen LogP contribution in [-0.4, -0.2) is 43.6 Å². The minimum Gasteiger partial charge on any atom is -0.493 e. The van der Waals surface area contributed by atoms with E-state index in [0.29, 0.717) is 24.5 Å². The fourth-order valence-electron chi connectivity index (χ4n) is 1.85. The second-order valence-electron chi connectivity index (χ2n) is 4.38. The number of hydrogen-bond acceptors (Lipinski definition) is 5. The molecule has 3 N–H and O–H groups in total. The number of aliphatic hydroxyl groups is 2. The van der Waals surface area contributed by atoms with E-state index in [0.717, 1.165) is 5.56 Å². The Morgan fingerprint density at radius 2 is 1.89 bits per heavy atom. The molecule has 0 bridgehead atoms. The molecule has 19 heavy (non-hydrogen) atoms. The molecule has 0 fully saturated rings. The molecule has 5 heteroatoms. The van der Waals surface area contributed by atoms with Crippen LogP contribution in [0.25, 0.3) is 0 Å². The Labute approximate surface area is 114 Å². The molecule has 1 aromatic carbocycles. The van der Waals surface area contributed by atoms with Gasteiger partial charge in [0.2, 0.25) is 0 Å². The van der Waals surface area contributed by atoms with Crippen molar-refractivity contribution in [2.45, 2.75) is 25.5 Å². The molecule has 0 aromatic heterocycles. The van der Waals surface area contributed by atoms with E-state index in [4.69, 9.17) is 14.6 Å². The molecule has 5 nitrogen and oxygen atoms in total. The van der Waals surface area contributed by atoms with E-state index in [-0.39, 0.29) is 12.6 Å². The third-order valence-corrected chi connectivity index (χ3v) is 3.02. The van der Waals surface area contributed by atoms with Gasteiger partial charge in [-0.3, -0.25) is 0 Å². The van der Waals surface area contributed by atoms with Crippen molar-refractivity contribution in [3.8, 4) is 11.5 Å². The summed E-state index contributed by atoms with van der Waals surface area (Å²) in [6.45, 7) is 2.72. The van der Waals surface area contributed by atoms with Crippen LogP contribution < -0.4 is 14.8 Å². The molecular weight excluding hydrogens is 246 g/mol. The van der Waals surface area contributed by atoms with Gasteiger partial charge < -0.3 is 25.0 Å². The molecule has 0 radical (unpaired) electrons. The van der Waals surface area contributed by atoms with Crippen molar-refractivity contribution >= 4 is 0 Å². The Balaban J connectivity index is 2.73. The van der Waals surface area contributed by atoms with Gasteiger partial charge in [0.05, 0.1) is 20.3 Å². The quantitative estimate of drug-likeness (QED) is 0.616. The standard InChI is InChI=1S/C14H23NO4/c1-10(15-7-4-8-16)14(17)11-5-6-12(18-2)13(9-11)19-3/h5-6,9-10,14-17H,4,7-8H2,1-3H3. The number of ether oxygens (including phenoxy) is 2. The molecule has 0 heterocycles. The van der Waals surface area contributed by atoms with Crippen LogP contribution in [0.5, 0.6) is 11.5 Å². The molecule has 0 aliphatic rings. The van der Waals surface area contributed by atoms with Crippen molar-refractivity contribution in [3.05, 3.63) is 23.8 Å². The maximum atomic E-state index is 10.3. The van der Waals surface area contributed by atoms with E-state index in [1.807, 2.05) is 13.0 Å². The number of benzene rings is 1. The van der Waals surface area contributed by atoms with Crippen molar-refractivity contribution in [1.82, 2.24) is 5.32 Å². The van der Waals surface area contributed by atoms with Gasteiger partial charge in [-0.2, -0.15) is 0 Å². The van der Waals surface area contributed by atoms with Crippen molar-refractivity contribution in [2.24, 2.45) is 0 Å². The normalized spacial score (nSPS) is 13.9. The van der Waals surface area contributed by atoms with E-state index in [2.05, 4.69) is 5.32 Å². The van der Waals surface area contributed by atoms with Gasteiger partial charge in [-0.25, -0.2) is 0 Å². The Morgan fingerprint density at radius 1 is 1.21 bits per heavy atom. The summed E-state index contributed by atoms with van der Waals surface area (Å²) >= 11 is 0. The largest absolute Gasteiger partial charge is 0.493 e. The number of rotatable bonds is 8. The highest BCUT2D eigenvalue weighted by atomic mass is 16.5. The van der Waals surface area contributed by atoms with Crippen LogP contribution >= 0.6 is 0 Å². The molecule has 1 rings (SSSR count). The topological polar surface area (TPSA) is 71.0 Å². The molecule has 0 spiro atoms. The highest BCUT2D eigenvalue weighted by molar-refractivity contribution is 5.43. The predicted octanol–water partition coefficient (Wildman–Crippen LogP) is 1.10. The first-order valence-electron chi connectivity index (χ1n) is 6.38. The maximum absolute atomic E-state index is 10.3. The van der Waals surface area contributed by atoms with Crippen LogP contribution in [0.2, 0.25) is 0 Å². The summed E-state index contributed by atoms with van der Waals surface area (Å²) in [6, 6.07) is 5.26. The van der Waals surface area contributed by atoms with Gasteiger partial charge in [0.15, 0.2) is 11.5 Å². The lowest BCUT2D eigenvalue weighted by Crippen LogP contribution is -2.33. The van der Waals surface area contributed by atoms with Crippen LogP contribution in [0.3, 0.4) is 0 Å². The summed E-state index contributed by atoms with van der Waals surface area (Å²) in [4.78, 5) is 0. The molecule has 2 unspecified atom stereocenters. The lowest BCUT2D eigenvalue weighted by atomic mass is 10.0. The first kappa shape index (κ1) is 15.8. The zero-order valence-electron chi connectivity index (χ0n) is 11.7. The van der Waals surface area contributed by atoms with E-state index in [1.165, 1.54) is 0 Å². The fourth-order valence-corrected chi connectivity index (χ4v) is 1.85. The Bertz CT molecular complexity index is 384. The van der Waals surface area contributed by atoms with E-state index < -0.39 is 6.10 Å². The molecule has 0 aliphatic heterocycles. The highest BCUT2D eigenvalue weighted by Gasteiger charge is 2.17. The lowest BCUT2D eigenvalue weighted by Gasteiger charge is -2.21. The minimum atomic E-state index is -0.640. The van der Waals surface area contributed by atoms with Gasteiger partial charge in [0, 0.05) is 12.6 Å². The first-order chi connectivity index (χ1) is 9.13. The summed E-state index contributed by atoms with van der Waals surface area (Å²) in [5.41, 5.74) is 0.765. The van der Waals surface area contributed by atoms with E-state index in [9.17, 15) is 5.11 Å². The summed E-state index contributed by atoms with van der Waals surface area (Å²) in [5.74, 6) is 1.24. The van der Waals surface area contributed by atoms with Gasteiger partial charge in [-0.1, -0.05) is 6.07 Å². The number of nitrogens with one attached hydrogen (secondary N) is 1. The van der Waals surface area contributed by atoms with Gasteiger partial charge in [-0.05, 0) is 37.6 Å². The summed E-state index contributed by atoms with van der Waals surface area (Å²) in [6.07, 6.45) is 0.0294. The summed E-state index contributed by atoms with van der Waals surface area (Å²) in [7, 11) is 3.14. The monoisotopic (exact) mass is 269 g/mol. The Hall–Kier alpha value is -1.30. The Morgan fingerprint density at radius 3 is 2.47 bits per heavy atom. The van der Waals surface area contributed by atoms with Crippen molar-refractivity contribution < 1.29 is 19.7 Å². The van der Waals surface area contributed by atoms with Gasteiger partial charge in [-0.15, -0.1) is 0 Å². The zero-order chi connectivity index (χ0) is 14.3. The molecule has 108 valence electrons. The molecular formula is C14H23NO4. The average molecular weight is 269 g/mol. The van der Waals surface area contributed by atoms with Gasteiger partial charge >= 0.3 is 0 Å². The third-order valence-electron chi connectivity index (χ3n) is 3.02. The van der Waals surface area contributed by atoms with Crippen molar-refractivity contribution in [3.63, 3.8) is 0 Å². The second-order valence-corrected chi connectivity index (χ2v) is 4.38. The van der Waals surface area contributed by atoms with Crippen LogP contribution in [0.1, 0.15) is 25.0 Å². The van der Waals surface area contributed by atoms with Crippen LogP contribution in [-0.2, 0) is 0 Å². The first-order valence-corrected chi connectivity index (χ1v) is 6.38. The third kappa shape index (κ3) is 4.38. The van der Waals surface area contributed by atoms with Crippen LogP contribution in [0.15, 0.2) is 18.2 Å². The molecule has 0 amide bonds. The SMILES string of the molecule is COc1ccc(C(O)C(C)NCCCO)cc1OC. The Kier molecular flexibility index (Phi) is 6.62. The van der Waals surface area contributed by atoms with Crippen molar-refractivity contribution in [1.29, 1.82) is 0 Å². The van der Waals surface area contributed by atoms with Crippen LogP contribution in [0.4, 0.5) is 0 Å². The number of aliphatic hydroxyl groups excluding tert-OH is 2. The van der Waals surface area contributed by atoms with Gasteiger partial charge in [0.1, 0.15) is 0 Å². The number of methoxy groups -OCH3 is 2. The smallest absolute Gasteiger partial charge is 0.161 e. The minimum absolute atomic E-state index is 0.107. The van der Waals surface area contributed by atoms with E-state index in [1.54, 1.807) is 26.4 Å². The average Bonchev–Trinajstić information content (AvgIpc) is 2.45. The number of hydrogen-bond donors (Lipinski definition) is 3. The summed E-state index contributed by atoms with van der Waals surface area (Å²) in [5, 5.41) is 22.1. The lowest BCUT2D eigenvalue weighted by molar-refractivity contribution is 0.134. The summed E-state index contributed by atoms with van der Waals surface area (Å²) < 4.78 is 10.4. The van der Waals surface area contributed by atoms with Crippen LogP contribution in [0, 0.1) is 0 Å². The predicted molar refractivity (Wildman–Crippen MR) is 73.7 cm³/mol. The van der Waals surface area contributed by atoms with E-state index >= 15 is 0 Å². The molecule has 0 saturated heterocycles.